The van der Waals surface area contributed by atoms with Gasteiger partial charge in [0.2, 0.25) is 5.91 Å². The van der Waals surface area contributed by atoms with Crippen LogP contribution in [0.5, 0.6) is 5.75 Å². The predicted molar refractivity (Wildman–Crippen MR) is 120 cm³/mol. The van der Waals surface area contributed by atoms with E-state index < -0.39 is 0 Å². The SMILES string of the molecule is CCC(C(=O)Nc1cc(-c2cc3c(OC)cccc3n2CC)[nH]n1)c1ccccc1. The van der Waals surface area contributed by atoms with Gasteiger partial charge in [-0.05, 0) is 37.1 Å². The monoisotopic (exact) mass is 402 g/mol. The highest BCUT2D eigenvalue weighted by Crippen LogP contribution is 2.33. The molecule has 1 atom stereocenters. The van der Waals surface area contributed by atoms with Gasteiger partial charge in [-0.25, -0.2) is 0 Å². The molecule has 0 aliphatic carbocycles. The molecule has 0 aliphatic heterocycles. The summed E-state index contributed by atoms with van der Waals surface area (Å²) in [7, 11) is 1.68. The molecule has 2 aromatic heterocycles. The lowest BCUT2D eigenvalue weighted by atomic mass is 9.96. The smallest absolute Gasteiger partial charge is 0.233 e. The highest BCUT2D eigenvalue weighted by molar-refractivity contribution is 5.96. The first-order valence-corrected chi connectivity index (χ1v) is 10.2. The van der Waals surface area contributed by atoms with Crippen LogP contribution in [-0.2, 0) is 11.3 Å². The number of carbonyl (C=O) groups is 1. The number of anilines is 1. The molecule has 6 heteroatoms. The zero-order chi connectivity index (χ0) is 21.1. The van der Waals surface area contributed by atoms with Gasteiger partial charge in [-0.15, -0.1) is 0 Å². The van der Waals surface area contributed by atoms with E-state index in [2.05, 4.69) is 39.1 Å². The molecule has 0 radical (unpaired) electrons. The number of fused-ring (bicyclic) bond motifs is 1. The summed E-state index contributed by atoms with van der Waals surface area (Å²) < 4.78 is 7.72. The van der Waals surface area contributed by atoms with Crippen LogP contribution in [0.15, 0.2) is 60.7 Å². The Bertz CT molecular complexity index is 1160. The molecule has 0 saturated carbocycles. The summed E-state index contributed by atoms with van der Waals surface area (Å²) in [5.41, 5.74) is 3.95. The van der Waals surface area contributed by atoms with Gasteiger partial charge < -0.3 is 14.6 Å². The van der Waals surface area contributed by atoms with Gasteiger partial charge in [0, 0.05) is 18.0 Å². The zero-order valence-corrected chi connectivity index (χ0v) is 17.5. The van der Waals surface area contributed by atoms with E-state index in [1.807, 2.05) is 55.5 Å². The van der Waals surface area contributed by atoms with Crippen molar-refractivity contribution in [1.29, 1.82) is 0 Å². The Morgan fingerprint density at radius 2 is 1.93 bits per heavy atom. The summed E-state index contributed by atoms with van der Waals surface area (Å²) in [4.78, 5) is 12.9. The number of rotatable bonds is 7. The topological polar surface area (TPSA) is 71.9 Å². The van der Waals surface area contributed by atoms with E-state index in [0.29, 0.717) is 5.82 Å². The quantitative estimate of drug-likeness (QED) is 0.447. The average molecular weight is 402 g/mol. The molecule has 0 bridgehead atoms. The fourth-order valence-corrected chi connectivity index (χ4v) is 3.99. The molecule has 0 fully saturated rings. The first-order chi connectivity index (χ1) is 14.7. The van der Waals surface area contributed by atoms with Gasteiger partial charge in [-0.2, -0.15) is 5.10 Å². The van der Waals surface area contributed by atoms with Crippen molar-refractivity contribution in [1.82, 2.24) is 14.8 Å². The van der Waals surface area contributed by atoms with Crippen molar-refractivity contribution in [3.8, 4) is 17.1 Å². The fourth-order valence-electron chi connectivity index (χ4n) is 3.99. The molecule has 4 aromatic rings. The summed E-state index contributed by atoms with van der Waals surface area (Å²) >= 11 is 0. The number of nitrogens with one attached hydrogen (secondary N) is 2. The summed E-state index contributed by atoms with van der Waals surface area (Å²) in [6.45, 7) is 4.92. The van der Waals surface area contributed by atoms with Crippen LogP contribution in [-0.4, -0.2) is 27.8 Å². The summed E-state index contributed by atoms with van der Waals surface area (Å²) in [6, 6.07) is 19.8. The number of carbonyl (C=O) groups excluding carboxylic acids is 1. The number of aryl methyl sites for hydroxylation is 1. The van der Waals surface area contributed by atoms with E-state index in [1.54, 1.807) is 7.11 Å². The third-order valence-electron chi connectivity index (χ3n) is 5.47. The minimum atomic E-state index is -0.210. The average Bonchev–Trinajstić information content (AvgIpc) is 3.38. The van der Waals surface area contributed by atoms with Crippen molar-refractivity contribution in [3.63, 3.8) is 0 Å². The van der Waals surface area contributed by atoms with Crippen molar-refractivity contribution in [2.24, 2.45) is 0 Å². The van der Waals surface area contributed by atoms with Crippen LogP contribution >= 0.6 is 0 Å². The van der Waals surface area contributed by atoms with E-state index >= 15 is 0 Å². The second-order valence-electron chi connectivity index (χ2n) is 7.19. The standard InChI is InChI=1S/C24H26N4O2/c1-4-17(16-10-7-6-8-11-16)24(29)25-23-15-19(26-27-23)21-14-18-20(28(21)5-2)12-9-13-22(18)30-3/h6-15,17H,4-5H2,1-3H3,(H2,25,26,27,29). The van der Waals surface area contributed by atoms with Crippen LogP contribution in [0.25, 0.3) is 22.3 Å². The minimum absolute atomic E-state index is 0.0561. The molecular weight excluding hydrogens is 376 g/mol. The lowest BCUT2D eigenvalue weighted by molar-refractivity contribution is -0.117. The molecule has 1 unspecified atom stereocenters. The summed E-state index contributed by atoms with van der Waals surface area (Å²) in [5, 5.41) is 11.4. The van der Waals surface area contributed by atoms with Crippen molar-refractivity contribution in [3.05, 3.63) is 66.2 Å². The van der Waals surface area contributed by atoms with Crippen molar-refractivity contribution in [2.75, 3.05) is 12.4 Å². The lowest BCUT2D eigenvalue weighted by Gasteiger charge is -2.14. The largest absolute Gasteiger partial charge is 0.496 e. The van der Waals surface area contributed by atoms with Crippen LogP contribution in [0.4, 0.5) is 5.82 Å². The van der Waals surface area contributed by atoms with E-state index in [4.69, 9.17) is 4.74 Å². The maximum atomic E-state index is 12.9. The molecule has 2 heterocycles. The van der Waals surface area contributed by atoms with Gasteiger partial charge >= 0.3 is 0 Å². The number of H-pyrrole nitrogens is 1. The third-order valence-corrected chi connectivity index (χ3v) is 5.47. The van der Waals surface area contributed by atoms with Crippen LogP contribution < -0.4 is 10.1 Å². The molecule has 0 saturated heterocycles. The van der Waals surface area contributed by atoms with E-state index in [9.17, 15) is 4.79 Å². The first kappa shape index (κ1) is 19.8. The van der Waals surface area contributed by atoms with Gasteiger partial charge in [0.25, 0.3) is 0 Å². The minimum Gasteiger partial charge on any atom is -0.496 e. The van der Waals surface area contributed by atoms with Crippen LogP contribution in [0.2, 0.25) is 0 Å². The van der Waals surface area contributed by atoms with E-state index in [-0.39, 0.29) is 11.8 Å². The number of aromatic nitrogens is 3. The number of hydrogen-bond donors (Lipinski definition) is 2. The fraction of sp³-hybridized carbons (Fsp3) is 0.250. The number of amides is 1. The zero-order valence-electron chi connectivity index (χ0n) is 17.5. The number of aromatic amines is 1. The normalized spacial score (nSPS) is 12.1. The Labute approximate surface area is 175 Å². The Morgan fingerprint density at radius 1 is 1.13 bits per heavy atom. The number of ether oxygens (including phenoxy) is 1. The van der Waals surface area contributed by atoms with E-state index in [1.165, 1.54) is 0 Å². The van der Waals surface area contributed by atoms with E-state index in [0.717, 1.165) is 46.6 Å². The van der Waals surface area contributed by atoms with Gasteiger partial charge in [0.15, 0.2) is 5.82 Å². The highest BCUT2D eigenvalue weighted by atomic mass is 16.5. The highest BCUT2D eigenvalue weighted by Gasteiger charge is 2.20. The first-order valence-electron chi connectivity index (χ1n) is 10.2. The summed E-state index contributed by atoms with van der Waals surface area (Å²) in [6.07, 6.45) is 0.719. The second kappa shape index (κ2) is 8.45. The Morgan fingerprint density at radius 3 is 2.63 bits per heavy atom. The van der Waals surface area contributed by atoms with Gasteiger partial charge in [0.1, 0.15) is 5.75 Å². The third kappa shape index (κ3) is 3.56. The maximum absolute atomic E-state index is 12.9. The second-order valence-corrected chi connectivity index (χ2v) is 7.19. The number of benzene rings is 2. The van der Waals surface area contributed by atoms with Gasteiger partial charge in [0.05, 0.1) is 29.9 Å². The predicted octanol–water partition coefficient (Wildman–Crippen LogP) is 5.19. The van der Waals surface area contributed by atoms with Gasteiger partial charge in [-0.1, -0.05) is 43.3 Å². The lowest BCUT2D eigenvalue weighted by Crippen LogP contribution is -2.20. The Kier molecular flexibility index (Phi) is 5.57. The molecule has 0 aliphatic rings. The molecule has 4 rings (SSSR count). The molecule has 30 heavy (non-hydrogen) atoms. The molecular formula is C24H26N4O2. The molecule has 1 amide bonds. The molecule has 2 N–H and O–H groups in total. The number of hydrogen-bond acceptors (Lipinski definition) is 3. The molecule has 2 aromatic carbocycles. The van der Waals surface area contributed by atoms with Crippen molar-refractivity contribution < 1.29 is 9.53 Å². The molecule has 6 nitrogen and oxygen atoms in total. The summed E-state index contributed by atoms with van der Waals surface area (Å²) in [5.74, 6) is 1.09. The van der Waals surface area contributed by atoms with Crippen LogP contribution in [0.1, 0.15) is 31.7 Å². The van der Waals surface area contributed by atoms with Gasteiger partial charge in [-0.3, -0.25) is 9.89 Å². The Balaban J connectivity index is 1.62. The number of nitrogens with zero attached hydrogens (tertiary/aromatic N) is 2. The number of methoxy groups -OCH3 is 1. The van der Waals surface area contributed by atoms with Crippen LogP contribution in [0.3, 0.4) is 0 Å². The Hall–Kier alpha value is -3.54. The maximum Gasteiger partial charge on any atom is 0.233 e. The van der Waals surface area contributed by atoms with Crippen LogP contribution in [0, 0.1) is 0 Å². The molecule has 0 spiro atoms. The van der Waals surface area contributed by atoms with Crippen molar-refractivity contribution >= 4 is 22.6 Å². The molecule has 154 valence electrons. The van der Waals surface area contributed by atoms with Crippen molar-refractivity contribution in [2.45, 2.75) is 32.7 Å².